The van der Waals surface area contributed by atoms with Gasteiger partial charge in [-0.3, -0.25) is 0 Å². The largest absolute Gasteiger partial charge is 0.497 e. The Hall–Kier alpha value is -3.38. The van der Waals surface area contributed by atoms with Gasteiger partial charge in [-0.1, -0.05) is 24.3 Å². The van der Waals surface area contributed by atoms with E-state index in [9.17, 15) is 9.59 Å². The van der Waals surface area contributed by atoms with E-state index in [0.717, 1.165) is 11.1 Å². The van der Waals surface area contributed by atoms with Crippen LogP contribution in [0, 0.1) is 6.92 Å². The Morgan fingerprint density at radius 1 is 0.967 bits per heavy atom. The Kier molecular flexibility index (Phi) is 5.42. The van der Waals surface area contributed by atoms with Gasteiger partial charge in [0.15, 0.2) is 0 Å². The fourth-order valence-electron chi connectivity index (χ4n) is 3.27. The van der Waals surface area contributed by atoms with Crippen molar-refractivity contribution in [2.45, 2.75) is 6.92 Å². The van der Waals surface area contributed by atoms with Gasteiger partial charge in [0.05, 0.1) is 18.2 Å². The number of hydrogen-bond acceptors (Lipinski definition) is 5. The molecule has 3 aromatic carbocycles. The number of rotatable bonds is 4. The lowest BCUT2D eigenvalue weighted by Crippen LogP contribution is -2.10. The molecule has 0 atom stereocenters. The minimum absolute atomic E-state index is 0.362. The van der Waals surface area contributed by atoms with Gasteiger partial charge in [-0.25, -0.2) is 9.59 Å². The molecule has 0 amide bonds. The van der Waals surface area contributed by atoms with Crippen LogP contribution in [0.1, 0.15) is 15.9 Å². The van der Waals surface area contributed by atoms with Crippen molar-refractivity contribution in [1.82, 2.24) is 0 Å². The summed E-state index contributed by atoms with van der Waals surface area (Å²) < 4.78 is 16.9. The molecule has 0 saturated carbocycles. The van der Waals surface area contributed by atoms with Gasteiger partial charge in [0.1, 0.15) is 17.1 Å². The molecular formula is C24H17BrO5. The quantitative estimate of drug-likeness (QED) is 0.218. The number of ether oxygens (including phenoxy) is 2. The van der Waals surface area contributed by atoms with E-state index < -0.39 is 11.6 Å². The summed E-state index contributed by atoms with van der Waals surface area (Å²) >= 11 is 3.36. The van der Waals surface area contributed by atoms with Crippen LogP contribution in [0.2, 0.25) is 0 Å². The summed E-state index contributed by atoms with van der Waals surface area (Å²) in [5.74, 6) is 0.580. The van der Waals surface area contributed by atoms with E-state index in [2.05, 4.69) is 15.9 Å². The van der Waals surface area contributed by atoms with Gasteiger partial charge < -0.3 is 13.9 Å². The molecule has 0 aliphatic carbocycles. The molecule has 0 saturated heterocycles. The second-order valence-electron chi connectivity index (χ2n) is 6.65. The molecule has 5 nitrogen and oxygen atoms in total. The smallest absolute Gasteiger partial charge is 0.344 e. The Morgan fingerprint density at radius 2 is 1.67 bits per heavy atom. The van der Waals surface area contributed by atoms with Gasteiger partial charge in [-0.2, -0.15) is 0 Å². The summed E-state index contributed by atoms with van der Waals surface area (Å²) in [6, 6.07) is 19.2. The van der Waals surface area contributed by atoms with Gasteiger partial charge in [0.2, 0.25) is 0 Å². The van der Waals surface area contributed by atoms with E-state index in [1.807, 2.05) is 13.0 Å². The topological polar surface area (TPSA) is 65.7 Å². The highest BCUT2D eigenvalue weighted by Crippen LogP contribution is 2.30. The zero-order chi connectivity index (χ0) is 21.3. The lowest BCUT2D eigenvalue weighted by Gasteiger charge is -2.11. The van der Waals surface area contributed by atoms with Crippen molar-refractivity contribution in [3.8, 4) is 22.6 Å². The Balaban J connectivity index is 1.75. The van der Waals surface area contributed by atoms with E-state index in [0.29, 0.717) is 38.1 Å². The molecule has 4 aromatic rings. The number of carbonyl (C=O) groups excluding carboxylic acids is 1. The summed E-state index contributed by atoms with van der Waals surface area (Å²) in [4.78, 5) is 25.1. The average molecular weight is 465 g/mol. The Labute approximate surface area is 181 Å². The van der Waals surface area contributed by atoms with Crippen molar-refractivity contribution in [3.63, 3.8) is 0 Å². The number of halogens is 1. The molecule has 0 unspecified atom stereocenters. The lowest BCUT2D eigenvalue weighted by atomic mass is 9.99. The van der Waals surface area contributed by atoms with Crippen molar-refractivity contribution in [2.24, 2.45) is 0 Å². The summed E-state index contributed by atoms with van der Waals surface area (Å²) in [7, 11) is 1.58. The molecular weight excluding hydrogens is 448 g/mol. The highest BCUT2D eigenvalue weighted by molar-refractivity contribution is 9.10. The fraction of sp³-hybridized carbons (Fsp3) is 0.0833. The molecule has 0 aliphatic rings. The van der Waals surface area contributed by atoms with Crippen LogP contribution in [0.5, 0.6) is 11.5 Å². The first-order chi connectivity index (χ1) is 14.5. The third kappa shape index (κ3) is 3.74. The molecule has 1 heterocycles. The van der Waals surface area contributed by atoms with E-state index in [-0.39, 0.29) is 0 Å². The standard InChI is InChI=1S/C24H17BrO5/c1-14-19-13-17(29-23(26)18-5-3-4-6-20(18)25)11-12-21(19)30-24(27)22(14)15-7-9-16(28-2)10-8-15/h3-13H,1-2H3. The van der Waals surface area contributed by atoms with E-state index >= 15 is 0 Å². The summed E-state index contributed by atoms with van der Waals surface area (Å²) in [6.07, 6.45) is 0. The number of benzene rings is 3. The molecule has 0 spiro atoms. The van der Waals surface area contributed by atoms with Gasteiger partial charge in [-0.05, 0) is 76.4 Å². The third-order valence-electron chi connectivity index (χ3n) is 4.82. The van der Waals surface area contributed by atoms with Crippen molar-refractivity contribution in [2.75, 3.05) is 7.11 Å². The summed E-state index contributed by atoms with van der Waals surface area (Å²) in [6.45, 7) is 1.85. The molecule has 6 heteroatoms. The lowest BCUT2D eigenvalue weighted by molar-refractivity contribution is 0.0734. The maximum absolute atomic E-state index is 12.6. The summed E-state index contributed by atoms with van der Waals surface area (Å²) in [5, 5.41) is 0.692. The van der Waals surface area contributed by atoms with E-state index in [1.165, 1.54) is 0 Å². The number of methoxy groups -OCH3 is 1. The molecule has 0 aliphatic heterocycles. The average Bonchev–Trinajstić information content (AvgIpc) is 2.75. The van der Waals surface area contributed by atoms with Crippen molar-refractivity contribution in [1.29, 1.82) is 0 Å². The minimum atomic E-state index is -0.479. The zero-order valence-corrected chi connectivity index (χ0v) is 17.9. The van der Waals surface area contributed by atoms with Crippen molar-refractivity contribution in [3.05, 3.63) is 92.7 Å². The van der Waals surface area contributed by atoms with Crippen LogP contribution in [0.4, 0.5) is 0 Å². The molecule has 0 radical (unpaired) electrons. The van der Waals surface area contributed by atoms with Crippen molar-refractivity contribution >= 4 is 32.9 Å². The minimum Gasteiger partial charge on any atom is -0.497 e. The van der Waals surface area contributed by atoms with E-state index in [4.69, 9.17) is 13.9 Å². The number of hydrogen-bond donors (Lipinski definition) is 0. The highest BCUT2D eigenvalue weighted by Gasteiger charge is 2.16. The van der Waals surface area contributed by atoms with Crippen LogP contribution >= 0.6 is 15.9 Å². The van der Waals surface area contributed by atoms with Crippen LogP contribution in [0.25, 0.3) is 22.1 Å². The second-order valence-corrected chi connectivity index (χ2v) is 7.50. The van der Waals surface area contributed by atoms with Crippen LogP contribution in [-0.4, -0.2) is 13.1 Å². The second kappa shape index (κ2) is 8.16. The molecule has 30 heavy (non-hydrogen) atoms. The number of carbonyl (C=O) groups is 1. The fourth-order valence-corrected chi connectivity index (χ4v) is 3.72. The van der Waals surface area contributed by atoms with Crippen LogP contribution in [-0.2, 0) is 0 Å². The normalized spacial score (nSPS) is 10.8. The van der Waals surface area contributed by atoms with Gasteiger partial charge in [0, 0.05) is 9.86 Å². The monoisotopic (exact) mass is 464 g/mol. The van der Waals surface area contributed by atoms with Gasteiger partial charge in [0.25, 0.3) is 0 Å². The number of esters is 1. The summed E-state index contributed by atoms with van der Waals surface area (Å²) in [5.41, 5.74) is 2.34. The maximum atomic E-state index is 12.6. The molecule has 0 N–H and O–H groups in total. The predicted molar refractivity (Wildman–Crippen MR) is 118 cm³/mol. The van der Waals surface area contributed by atoms with Gasteiger partial charge >= 0.3 is 11.6 Å². The predicted octanol–water partition coefficient (Wildman–Crippen LogP) is 5.76. The van der Waals surface area contributed by atoms with Crippen LogP contribution < -0.4 is 15.1 Å². The first kappa shape index (κ1) is 19.9. The van der Waals surface area contributed by atoms with Gasteiger partial charge in [-0.15, -0.1) is 0 Å². The first-order valence-corrected chi connectivity index (χ1v) is 9.96. The highest BCUT2D eigenvalue weighted by atomic mass is 79.9. The van der Waals surface area contributed by atoms with Crippen LogP contribution in [0.15, 0.2) is 80.4 Å². The van der Waals surface area contributed by atoms with Crippen molar-refractivity contribution < 1.29 is 18.7 Å². The molecule has 4 rings (SSSR count). The Morgan fingerprint density at radius 3 is 2.37 bits per heavy atom. The Bertz CT molecular complexity index is 1310. The molecule has 1 aromatic heterocycles. The molecule has 150 valence electrons. The number of fused-ring (bicyclic) bond motifs is 1. The first-order valence-electron chi connectivity index (χ1n) is 9.16. The van der Waals surface area contributed by atoms with E-state index in [1.54, 1.807) is 67.8 Å². The third-order valence-corrected chi connectivity index (χ3v) is 5.51. The SMILES string of the molecule is COc1ccc(-c2c(C)c3cc(OC(=O)c4ccccc4Br)ccc3oc2=O)cc1. The van der Waals surface area contributed by atoms with Crippen LogP contribution in [0.3, 0.4) is 0 Å². The number of aryl methyl sites for hydroxylation is 1. The maximum Gasteiger partial charge on any atom is 0.344 e. The molecule has 0 bridgehead atoms. The zero-order valence-electron chi connectivity index (χ0n) is 16.3. The molecule has 0 fully saturated rings.